The summed E-state index contributed by atoms with van der Waals surface area (Å²) in [4.78, 5) is 50.8. The number of carbonyl (C=O) groups excluding carboxylic acids is 4. The largest absolute Gasteiger partial charge is 0.452 e. The van der Waals surface area contributed by atoms with Crippen LogP contribution in [-0.2, 0) is 9.53 Å². The van der Waals surface area contributed by atoms with Crippen molar-refractivity contribution in [3.05, 3.63) is 93.8 Å². The number of hydrogen-bond donors (Lipinski definition) is 1. The van der Waals surface area contributed by atoms with E-state index in [1.54, 1.807) is 18.2 Å². The first-order valence-corrected chi connectivity index (χ1v) is 10.1. The van der Waals surface area contributed by atoms with Crippen molar-refractivity contribution in [2.24, 2.45) is 0 Å². The number of esters is 1. The summed E-state index contributed by atoms with van der Waals surface area (Å²) >= 11 is 6.02. The number of fused-ring (bicyclic) bond motifs is 1. The van der Waals surface area contributed by atoms with E-state index in [1.165, 1.54) is 30.3 Å². The minimum atomic E-state index is -0.838. The number of amides is 3. The van der Waals surface area contributed by atoms with Crippen LogP contribution in [0, 0.1) is 12.7 Å². The van der Waals surface area contributed by atoms with Crippen LogP contribution in [-0.4, -0.2) is 30.3 Å². The first-order valence-electron chi connectivity index (χ1n) is 9.76. The van der Waals surface area contributed by atoms with Crippen molar-refractivity contribution >= 4 is 46.7 Å². The van der Waals surface area contributed by atoms with E-state index >= 15 is 0 Å². The van der Waals surface area contributed by atoms with Crippen molar-refractivity contribution in [2.75, 3.05) is 16.8 Å². The maximum atomic E-state index is 13.2. The van der Waals surface area contributed by atoms with E-state index < -0.39 is 36.1 Å². The molecule has 0 saturated heterocycles. The standard InChI is InChI=1S/C24H16ClFN2O5/c1-13-2-6-16(11-20(13)25)27-21(29)12-33-24(32)14-3-9-18-19(10-14)23(31)28(22(18)30)17-7-4-15(26)5-8-17/h2-11H,12H2,1H3,(H,27,29). The van der Waals surface area contributed by atoms with Gasteiger partial charge in [-0.2, -0.15) is 0 Å². The highest BCUT2D eigenvalue weighted by Gasteiger charge is 2.37. The zero-order valence-electron chi connectivity index (χ0n) is 17.2. The third-order valence-corrected chi connectivity index (χ3v) is 5.40. The predicted molar refractivity (Wildman–Crippen MR) is 119 cm³/mol. The van der Waals surface area contributed by atoms with Gasteiger partial charge >= 0.3 is 5.97 Å². The van der Waals surface area contributed by atoms with Gasteiger partial charge in [-0.1, -0.05) is 17.7 Å². The Kier molecular flexibility index (Phi) is 5.93. The molecule has 3 amide bonds. The Morgan fingerprint density at radius 2 is 1.67 bits per heavy atom. The van der Waals surface area contributed by atoms with Gasteiger partial charge in [0.1, 0.15) is 5.82 Å². The van der Waals surface area contributed by atoms with Crippen molar-refractivity contribution in [1.82, 2.24) is 0 Å². The smallest absolute Gasteiger partial charge is 0.338 e. The molecule has 1 heterocycles. The van der Waals surface area contributed by atoms with Gasteiger partial charge in [0, 0.05) is 10.7 Å². The lowest BCUT2D eigenvalue weighted by molar-refractivity contribution is -0.119. The summed E-state index contributed by atoms with van der Waals surface area (Å²) in [7, 11) is 0. The topological polar surface area (TPSA) is 92.8 Å². The first-order chi connectivity index (χ1) is 15.7. The summed E-state index contributed by atoms with van der Waals surface area (Å²) in [6.07, 6.45) is 0. The molecule has 0 aromatic heterocycles. The zero-order valence-corrected chi connectivity index (χ0v) is 18.0. The van der Waals surface area contributed by atoms with Crippen LogP contribution in [0.1, 0.15) is 36.6 Å². The van der Waals surface area contributed by atoms with Crippen LogP contribution in [0.3, 0.4) is 0 Å². The number of benzene rings is 3. The Bertz CT molecular complexity index is 1310. The third-order valence-electron chi connectivity index (χ3n) is 5.00. The second-order valence-corrected chi connectivity index (χ2v) is 7.68. The lowest BCUT2D eigenvalue weighted by atomic mass is 10.1. The number of halogens is 2. The molecule has 1 aliphatic rings. The summed E-state index contributed by atoms with van der Waals surface area (Å²) in [5, 5.41) is 3.05. The Morgan fingerprint density at radius 1 is 0.970 bits per heavy atom. The van der Waals surface area contributed by atoms with Crippen LogP contribution >= 0.6 is 11.6 Å². The number of aryl methyl sites for hydroxylation is 1. The minimum absolute atomic E-state index is 0.00189. The highest BCUT2D eigenvalue weighted by Crippen LogP contribution is 2.29. The van der Waals surface area contributed by atoms with E-state index in [-0.39, 0.29) is 22.4 Å². The van der Waals surface area contributed by atoms with Crippen molar-refractivity contribution in [1.29, 1.82) is 0 Å². The van der Waals surface area contributed by atoms with E-state index in [0.717, 1.165) is 22.6 Å². The Hall–Kier alpha value is -4.04. The van der Waals surface area contributed by atoms with Crippen LogP contribution in [0.4, 0.5) is 15.8 Å². The fourth-order valence-corrected chi connectivity index (χ4v) is 3.46. The quantitative estimate of drug-likeness (QED) is 0.445. The predicted octanol–water partition coefficient (Wildman–Crippen LogP) is 4.38. The van der Waals surface area contributed by atoms with Crippen LogP contribution < -0.4 is 10.2 Å². The molecule has 0 bridgehead atoms. The molecule has 1 aliphatic heterocycles. The average Bonchev–Trinajstić information content (AvgIpc) is 3.05. The first kappa shape index (κ1) is 22.2. The van der Waals surface area contributed by atoms with E-state index in [4.69, 9.17) is 16.3 Å². The molecule has 4 rings (SSSR count). The second kappa shape index (κ2) is 8.84. The number of rotatable bonds is 5. The maximum absolute atomic E-state index is 13.2. The van der Waals surface area contributed by atoms with Gasteiger partial charge in [0.2, 0.25) is 0 Å². The summed E-state index contributed by atoms with van der Waals surface area (Å²) in [5.74, 6) is -3.15. The fourth-order valence-electron chi connectivity index (χ4n) is 3.27. The number of hydrogen-bond acceptors (Lipinski definition) is 5. The van der Waals surface area contributed by atoms with Crippen molar-refractivity contribution < 1.29 is 28.3 Å². The SMILES string of the molecule is Cc1ccc(NC(=O)COC(=O)c2ccc3c(c2)C(=O)N(c2ccc(F)cc2)C3=O)cc1Cl. The molecule has 0 aliphatic carbocycles. The second-order valence-electron chi connectivity index (χ2n) is 7.27. The summed E-state index contributed by atoms with van der Waals surface area (Å²) in [6, 6.07) is 13.8. The molecule has 1 N–H and O–H groups in total. The fraction of sp³-hybridized carbons (Fsp3) is 0.0833. The van der Waals surface area contributed by atoms with E-state index in [0.29, 0.717) is 10.7 Å². The van der Waals surface area contributed by atoms with Gasteiger partial charge in [-0.15, -0.1) is 0 Å². The molecule has 7 nitrogen and oxygen atoms in total. The molecule has 3 aromatic carbocycles. The maximum Gasteiger partial charge on any atom is 0.338 e. The average molecular weight is 467 g/mol. The van der Waals surface area contributed by atoms with Gasteiger partial charge in [0.05, 0.1) is 22.4 Å². The lowest BCUT2D eigenvalue weighted by Gasteiger charge is -2.13. The van der Waals surface area contributed by atoms with Crippen molar-refractivity contribution in [2.45, 2.75) is 6.92 Å². The number of nitrogens with zero attached hydrogens (tertiary/aromatic N) is 1. The van der Waals surface area contributed by atoms with E-state index in [1.807, 2.05) is 6.92 Å². The van der Waals surface area contributed by atoms with Crippen molar-refractivity contribution in [3.8, 4) is 0 Å². The van der Waals surface area contributed by atoms with E-state index in [2.05, 4.69) is 5.32 Å². The van der Waals surface area contributed by atoms with Gasteiger partial charge in [0.25, 0.3) is 17.7 Å². The zero-order chi connectivity index (χ0) is 23.7. The van der Waals surface area contributed by atoms with Crippen LogP contribution in [0.2, 0.25) is 5.02 Å². The number of ether oxygens (including phenoxy) is 1. The lowest BCUT2D eigenvalue weighted by Crippen LogP contribution is -2.29. The molecule has 3 aromatic rings. The van der Waals surface area contributed by atoms with Gasteiger partial charge in [-0.05, 0) is 67.1 Å². The molecule has 0 fully saturated rings. The molecule has 0 atom stereocenters. The van der Waals surface area contributed by atoms with Gasteiger partial charge < -0.3 is 10.1 Å². The van der Waals surface area contributed by atoms with Gasteiger partial charge in [0.15, 0.2) is 6.61 Å². The van der Waals surface area contributed by atoms with Gasteiger partial charge in [-0.25, -0.2) is 14.1 Å². The van der Waals surface area contributed by atoms with Crippen LogP contribution in [0.5, 0.6) is 0 Å². The highest BCUT2D eigenvalue weighted by atomic mass is 35.5. The molecule has 9 heteroatoms. The molecule has 0 saturated carbocycles. The number of nitrogens with one attached hydrogen (secondary N) is 1. The van der Waals surface area contributed by atoms with Gasteiger partial charge in [-0.3, -0.25) is 14.4 Å². The highest BCUT2D eigenvalue weighted by molar-refractivity contribution is 6.34. The molecular weight excluding hydrogens is 451 g/mol. The molecule has 166 valence electrons. The molecule has 0 spiro atoms. The summed E-state index contributed by atoms with van der Waals surface area (Å²) in [6.45, 7) is 1.26. The molecule has 0 radical (unpaired) electrons. The van der Waals surface area contributed by atoms with Crippen molar-refractivity contribution in [3.63, 3.8) is 0 Å². The molecule has 0 unspecified atom stereocenters. The molecule has 33 heavy (non-hydrogen) atoms. The number of anilines is 2. The third kappa shape index (κ3) is 4.47. The molecular formula is C24H16ClFN2O5. The minimum Gasteiger partial charge on any atom is -0.452 e. The summed E-state index contributed by atoms with van der Waals surface area (Å²) in [5.41, 5.74) is 1.63. The number of carbonyl (C=O) groups is 4. The Balaban J connectivity index is 1.44. The summed E-state index contributed by atoms with van der Waals surface area (Å²) < 4.78 is 18.2. The van der Waals surface area contributed by atoms with Crippen LogP contribution in [0.25, 0.3) is 0 Å². The normalized spacial score (nSPS) is 12.5. The van der Waals surface area contributed by atoms with E-state index in [9.17, 15) is 23.6 Å². The Labute approximate surface area is 192 Å². The Morgan fingerprint density at radius 3 is 2.36 bits per heavy atom. The van der Waals surface area contributed by atoms with Crippen LogP contribution in [0.15, 0.2) is 60.7 Å². The monoisotopic (exact) mass is 466 g/mol. The number of imide groups is 1.